The second-order valence-corrected chi connectivity index (χ2v) is 32.4. The fourth-order valence-electron chi connectivity index (χ4n) is 17.2. The molecule has 0 unspecified atom stereocenters. The second-order valence-electron chi connectivity index (χ2n) is 32.4. The van der Waals surface area contributed by atoms with Crippen LogP contribution >= 0.6 is 0 Å². The molecule has 16 rings (SSSR count). The van der Waals surface area contributed by atoms with Gasteiger partial charge in [-0.3, -0.25) is 42.2 Å². The van der Waals surface area contributed by atoms with Crippen molar-refractivity contribution in [3.8, 4) is 0 Å². The van der Waals surface area contributed by atoms with Crippen molar-refractivity contribution < 1.29 is 57.5 Å². The van der Waals surface area contributed by atoms with Crippen LogP contribution in [0.25, 0.3) is 55.3 Å². The summed E-state index contributed by atoms with van der Waals surface area (Å²) >= 11 is 0. The number of benzene rings is 4. The molecule has 0 bridgehead atoms. The zero-order valence-corrected chi connectivity index (χ0v) is 71.4. The number of fused-ring (bicyclic) bond motifs is 4. The number of carbonyl (C=O) groups is 1. The highest BCUT2D eigenvalue weighted by Crippen LogP contribution is 2.40. The van der Waals surface area contributed by atoms with Crippen molar-refractivity contribution in [2.45, 2.75) is 193 Å². The lowest BCUT2D eigenvalue weighted by Gasteiger charge is -2.26. The van der Waals surface area contributed by atoms with Crippen LogP contribution in [0.15, 0.2) is 154 Å². The summed E-state index contributed by atoms with van der Waals surface area (Å²) in [7, 11) is 6.61. The number of alkyl halides is 8. The van der Waals surface area contributed by atoms with Crippen molar-refractivity contribution in [2.24, 2.45) is 28.2 Å². The minimum absolute atomic E-state index is 0.0622. The van der Waals surface area contributed by atoms with E-state index in [1.807, 2.05) is 18.2 Å². The molecule has 668 valence electrons. The number of pyridine rings is 4. The van der Waals surface area contributed by atoms with Gasteiger partial charge in [0.1, 0.15) is 94.4 Å². The van der Waals surface area contributed by atoms with E-state index < -0.39 is 95.4 Å². The van der Waals surface area contributed by atoms with E-state index in [4.69, 9.17) is 0 Å². The molecule has 2 saturated carbocycles. The van der Waals surface area contributed by atoms with Gasteiger partial charge in [0, 0.05) is 92.7 Å². The maximum Gasteiger partial charge on any atom is 0.266 e. The summed E-state index contributed by atoms with van der Waals surface area (Å²) in [6, 6.07) is 20.4. The maximum atomic E-state index is 14.7. The van der Waals surface area contributed by atoms with E-state index in [0.717, 1.165) is 124 Å². The Labute approximate surface area is 722 Å². The summed E-state index contributed by atoms with van der Waals surface area (Å²) in [5, 5.41) is 14.9. The Bertz CT molecular complexity index is 6230. The first-order valence-electron chi connectivity index (χ1n) is 42.2. The fourth-order valence-corrected chi connectivity index (χ4v) is 17.2. The van der Waals surface area contributed by atoms with E-state index in [-0.39, 0.29) is 62.2 Å². The molecule has 9 heterocycles. The predicted molar refractivity (Wildman–Crippen MR) is 466 cm³/mol. The summed E-state index contributed by atoms with van der Waals surface area (Å²) in [4.78, 5) is 99.5. The quantitative estimate of drug-likeness (QED) is 0.0517. The average molecular weight is 1760 g/mol. The van der Waals surface area contributed by atoms with Crippen LogP contribution in [-0.4, -0.2) is 82.0 Å². The molecule has 0 saturated heterocycles. The third-order valence-electron chi connectivity index (χ3n) is 24.2. The van der Waals surface area contributed by atoms with Gasteiger partial charge in [-0.15, -0.1) is 0 Å². The summed E-state index contributed by atoms with van der Waals surface area (Å²) < 4.78 is 169. The minimum atomic E-state index is -2.93. The zero-order valence-electron chi connectivity index (χ0n) is 71.4. The number of hydrogen-bond donors (Lipinski definition) is 4. The molecule has 127 heavy (non-hydrogen) atoms. The number of allylic oxidation sites excluding steroid dienone is 2. The predicted octanol–water partition coefficient (Wildman–Crippen LogP) is 21.0. The molecule has 3 aliphatic carbocycles. The standard InChI is InChI=1S/C24H24F3N5O2.2C23H25F3N4O.C23H23F3N4O/c1-13(16-7-4-8-17(20(16)25)21(26)27)30-22-19-10-18(15-6-5-9-32(11-15)14(2)33)24(34)31(3)23(19)29-12-28-22;3*1-13(15-9-6-10-16(19(15)24)20(25)26)29-21-18-11-17(14-7-4-3-5-8-14)23(31)30(2)22(18)28-12-27-21/h4,6-8,10,12-13,21H,5,9,11H2,1-3H3,(H,28,29,30);2*6,9-14,20H,3-5,7-8H2,1-2H3,(H,27,28,29);6-7,9-13,20H,3-5,8H2,1-2H3,(H,27,28,29)/t4*13-/m1111/s1. The second kappa shape index (κ2) is 40.3. The minimum Gasteiger partial charge on any atom is -0.363 e. The smallest absolute Gasteiger partial charge is 0.266 e. The van der Waals surface area contributed by atoms with Crippen molar-refractivity contribution in [1.29, 1.82) is 0 Å². The highest BCUT2D eigenvalue weighted by atomic mass is 19.3. The van der Waals surface area contributed by atoms with Crippen LogP contribution in [0.3, 0.4) is 0 Å². The lowest BCUT2D eigenvalue weighted by Crippen LogP contribution is -2.35. The molecule has 4 atom stereocenters. The van der Waals surface area contributed by atoms with E-state index in [1.165, 1.54) is 112 Å². The van der Waals surface area contributed by atoms with Gasteiger partial charge < -0.3 is 26.2 Å². The van der Waals surface area contributed by atoms with E-state index in [9.17, 15) is 76.7 Å². The molecule has 1 aliphatic heterocycles. The average Bonchev–Trinajstić information content (AvgIpc) is 0.776. The van der Waals surface area contributed by atoms with Gasteiger partial charge >= 0.3 is 0 Å². The number of rotatable bonds is 20. The van der Waals surface area contributed by atoms with Crippen LogP contribution < -0.4 is 43.5 Å². The van der Waals surface area contributed by atoms with E-state index >= 15 is 0 Å². The third-order valence-corrected chi connectivity index (χ3v) is 24.2. The molecule has 4 aromatic carbocycles. The zero-order chi connectivity index (χ0) is 90.9. The van der Waals surface area contributed by atoms with Gasteiger partial charge in [0.2, 0.25) is 5.91 Å². The Morgan fingerprint density at radius 2 is 0.661 bits per heavy atom. The van der Waals surface area contributed by atoms with Crippen molar-refractivity contribution in [2.75, 3.05) is 34.4 Å². The molecule has 34 heteroatoms. The van der Waals surface area contributed by atoms with Gasteiger partial charge in [-0.25, -0.2) is 92.6 Å². The molecule has 1 amide bonds. The van der Waals surface area contributed by atoms with E-state index in [0.29, 0.717) is 98.0 Å². The van der Waals surface area contributed by atoms with Gasteiger partial charge in [0.05, 0.1) is 68.0 Å². The first-order chi connectivity index (χ1) is 60.8. The molecule has 0 spiro atoms. The van der Waals surface area contributed by atoms with Gasteiger partial charge in [-0.2, -0.15) is 0 Å². The maximum absolute atomic E-state index is 14.7. The first kappa shape index (κ1) is 92.0. The van der Waals surface area contributed by atoms with Crippen LogP contribution in [0.2, 0.25) is 0 Å². The number of carbonyl (C=O) groups excluding carboxylic acids is 1. The summed E-state index contributed by atoms with van der Waals surface area (Å²) in [6.07, 6.45) is 12.9. The molecule has 8 aromatic heterocycles. The molecular weight excluding hydrogens is 1660 g/mol. The highest BCUT2D eigenvalue weighted by Gasteiger charge is 2.31. The van der Waals surface area contributed by atoms with Crippen molar-refractivity contribution in [1.82, 2.24) is 63.0 Å². The molecule has 22 nitrogen and oxygen atoms in total. The Kier molecular flexibility index (Phi) is 29.2. The largest absolute Gasteiger partial charge is 0.363 e. The SMILES string of the molecule is CC(=O)N1CCC=C(c2cc3c(N[C@H](C)c4cccc(C(F)F)c4F)ncnc3n(C)c2=O)C1.C[C@@H](Nc1ncnc2c1cc(C1=CCCCC1)c(=O)n2C)c1cccc(C(F)F)c1F.C[C@@H](Nc1ncnc2c1cc(C1CCCCC1)c(=O)n2C)c1cccc(C(F)F)c1F.C[C@@H](Nc1ncnc2c1cc(C1CCCCC1)c(=O)n2C)c1cccc(C(F)F)c1F. The van der Waals surface area contributed by atoms with Gasteiger partial charge in [-0.1, -0.05) is 123 Å². The number of hydrogen-bond acceptors (Lipinski definition) is 17. The number of anilines is 4. The molecular formula is C93H97F12N17O5. The van der Waals surface area contributed by atoms with E-state index in [1.54, 1.807) is 72.9 Å². The van der Waals surface area contributed by atoms with Gasteiger partial charge in [-0.05, 0) is 133 Å². The van der Waals surface area contributed by atoms with Crippen LogP contribution in [0.5, 0.6) is 0 Å². The Hall–Kier alpha value is -12.7. The van der Waals surface area contributed by atoms with Crippen LogP contribution in [-0.2, 0) is 33.0 Å². The van der Waals surface area contributed by atoms with Crippen molar-refractivity contribution >= 4 is 84.5 Å². The number of aryl methyl sites for hydroxylation is 4. The van der Waals surface area contributed by atoms with Crippen molar-refractivity contribution in [3.05, 3.63) is 266 Å². The molecule has 4 aliphatic rings. The number of halogens is 12. The normalized spacial score (nSPS) is 15.6. The summed E-state index contributed by atoms with van der Waals surface area (Å²) in [5.41, 5.74) is 3.35. The first-order valence-corrected chi connectivity index (χ1v) is 42.2. The van der Waals surface area contributed by atoms with Crippen molar-refractivity contribution in [3.63, 3.8) is 0 Å². The number of nitrogens with one attached hydrogen (secondary N) is 4. The topological polar surface area (TPSA) is 260 Å². The highest BCUT2D eigenvalue weighted by molar-refractivity contribution is 5.92. The van der Waals surface area contributed by atoms with Gasteiger partial charge in [0.25, 0.3) is 47.9 Å². The Balaban J connectivity index is 0.000000145. The Morgan fingerprint density at radius 3 is 0.961 bits per heavy atom. The third kappa shape index (κ3) is 20.0. The number of nitrogens with zero attached hydrogens (tertiary/aromatic N) is 13. The van der Waals surface area contributed by atoms with Crippen LogP contribution in [0, 0.1) is 23.3 Å². The molecule has 4 N–H and O–H groups in total. The van der Waals surface area contributed by atoms with Crippen LogP contribution in [0.4, 0.5) is 76.0 Å². The Morgan fingerprint density at radius 1 is 0.370 bits per heavy atom. The monoisotopic (exact) mass is 1760 g/mol. The van der Waals surface area contributed by atoms with Gasteiger partial charge in [0.15, 0.2) is 0 Å². The van der Waals surface area contributed by atoms with Crippen LogP contribution in [0.1, 0.15) is 259 Å². The lowest BCUT2D eigenvalue weighted by molar-refractivity contribution is -0.128. The molecule has 12 aromatic rings. The summed E-state index contributed by atoms with van der Waals surface area (Å²) in [5.74, 6) is -1.82. The molecule has 0 radical (unpaired) electrons. The van der Waals surface area contributed by atoms with E-state index in [2.05, 4.69) is 67.2 Å². The molecule has 2 fully saturated rings. The summed E-state index contributed by atoms with van der Waals surface area (Å²) in [6.45, 7) is 9.07. The fraction of sp³-hybridized carbons (Fsp3) is 0.387. The lowest BCUT2D eigenvalue weighted by atomic mass is 9.84. The number of amides is 1. The number of aromatic nitrogens is 12.